The van der Waals surface area contributed by atoms with Crippen molar-refractivity contribution in [2.75, 3.05) is 21.3 Å². The zero-order valence-corrected chi connectivity index (χ0v) is 17.1. The van der Waals surface area contributed by atoms with Crippen LogP contribution in [0.5, 0.6) is 17.2 Å². The number of hydrogen-bond donors (Lipinski definition) is 0. The van der Waals surface area contributed by atoms with Gasteiger partial charge in [-0.25, -0.2) is 4.98 Å². The van der Waals surface area contributed by atoms with Crippen molar-refractivity contribution in [1.82, 2.24) is 9.38 Å². The molecule has 0 saturated heterocycles. The number of esters is 1. The molecule has 0 aliphatic heterocycles. The van der Waals surface area contributed by atoms with Gasteiger partial charge in [0.2, 0.25) is 5.75 Å². The van der Waals surface area contributed by atoms with Crippen molar-refractivity contribution in [3.63, 3.8) is 0 Å². The first-order valence-electron chi connectivity index (χ1n) is 8.54. The third-order valence-corrected chi connectivity index (χ3v) is 4.45. The van der Waals surface area contributed by atoms with Crippen LogP contribution in [0.25, 0.3) is 16.8 Å². The number of pyridine rings is 1. The first-order valence-corrected chi connectivity index (χ1v) is 8.92. The summed E-state index contributed by atoms with van der Waals surface area (Å²) in [6, 6.07) is 6.50. The minimum absolute atomic E-state index is 0.171. The first-order chi connectivity index (χ1) is 13.9. The third-order valence-electron chi connectivity index (χ3n) is 4.23. The first kappa shape index (κ1) is 20.5. The van der Waals surface area contributed by atoms with E-state index in [2.05, 4.69) is 4.98 Å². The number of benzene rings is 1. The molecule has 3 rings (SSSR count). The van der Waals surface area contributed by atoms with Crippen LogP contribution in [0.2, 0.25) is 5.02 Å². The molecule has 0 aliphatic carbocycles. The van der Waals surface area contributed by atoms with Crippen LogP contribution in [0.3, 0.4) is 0 Å². The van der Waals surface area contributed by atoms with Gasteiger partial charge >= 0.3 is 5.97 Å². The summed E-state index contributed by atoms with van der Waals surface area (Å²) >= 11 is 6.05. The lowest BCUT2D eigenvalue weighted by Crippen LogP contribution is -2.21. The molecule has 0 amide bonds. The second-order valence-corrected chi connectivity index (χ2v) is 6.44. The highest BCUT2D eigenvalue weighted by Gasteiger charge is 2.21. The minimum atomic E-state index is -0.487. The molecule has 2 heterocycles. The van der Waals surface area contributed by atoms with Crippen LogP contribution >= 0.6 is 11.6 Å². The Labute approximate surface area is 171 Å². The zero-order chi connectivity index (χ0) is 21.1. The van der Waals surface area contributed by atoms with Crippen molar-refractivity contribution >= 4 is 23.2 Å². The van der Waals surface area contributed by atoms with Crippen molar-refractivity contribution in [1.29, 1.82) is 0 Å². The van der Waals surface area contributed by atoms with Crippen molar-refractivity contribution in [3.05, 3.63) is 51.5 Å². The van der Waals surface area contributed by atoms with Gasteiger partial charge in [0.25, 0.3) is 5.56 Å². The van der Waals surface area contributed by atoms with Crippen molar-refractivity contribution < 1.29 is 23.7 Å². The van der Waals surface area contributed by atoms with Gasteiger partial charge in [0.05, 0.1) is 37.6 Å². The van der Waals surface area contributed by atoms with Gasteiger partial charge in [0, 0.05) is 13.1 Å². The number of ether oxygens (including phenoxy) is 4. The van der Waals surface area contributed by atoms with Crippen LogP contribution in [0.4, 0.5) is 0 Å². The lowest BCUT2D eigenvalue weighted by atomic mass is 10.0. The molecule has 0 bridgehead atoms. The highest BCUT2D eigenvalue weighted by atomic mass is 35.5. The molecule has 0 unspecified atom stereocenters. The van der Waals surface area contributed by atoms with Gasteiger partial charge in [-0.05, 0) is 29.8 Å². The molecule has 29 heavy (non-hydrogen) atoms. The topological polar surface area (TPSA) is 88.4 Å². The number of carbonyl (C=O) groups excluding carboxylic acids is 1. The van der Waals surface area contributed by atoms with E-state index in [9.17, 15) is 9.59 Å². The van der Waals surface area contributed by atoms with Gasteiger partial charge in [-0.15, -0.1) is 0 Å². The molecular weight excluding hydrogens is 400 g/mol. The lowest BCUT2D eigenvalue weighted by molar-refractivity contribution is -0.142. The van der Waals surface area contributed by atoms with E-state index >= 15 is 0 Å². The summed E-state index contributed by atoms with van der Waals surface area (Å²) in [6.45, 7) is 1.11. The van der Waals surface area contributed by atoms with Gasteiger partial charge < -0.3 is 18.9 Å². The summed E-state index contributed by atoms with van der Waals surface area (Å²) in [5, 5.41) is 0.380. The molecule has 0 aliphatic rings. The normalized spacial score (nSPS) is 10.7. The monoisotopic (exact) mass is 418 g/mol. The number of carbonyl (C=O) groups is 1. The van der Waals surface area contributed by atoms with Gasteiger partial charge in [0.15, 0.2) is 11.5 Å². The Hall–Kier alpha value is -3.26. The predicted octanol–water partition coefficient (Wildman–Crippen LogP) is 3.10. The van der Waals surface area contributed by atoms with Crippen LogP contribution in [0, 0.1) is 0 Å². The second-order valence-electron chi connectivity index (χ2n) is 6.01. The van der Waals surface area contributed by atoms with Gasteiger partial charge in [-0.3, -0.25) is 14.0 Å². The van der Waals surface area contributed by atoms with Crippen LogP contribution in [0.1, 0.15) is 12.6 Å². The van der Waals surface area contributed by atoms with Crippen molar-refractivity contribution in [3.8, 4) is 28.4 Å². The number of rotatable bonds is 6. The van der Waals surface area contributed by atoms with E-state index in [-0.39, 0.29) is 17.7 Å². The predicted molar refractivity (Wildman–Crippen MR) is 107 cm³/mol. The molecule has 8 nitrogen and oxygen atoms in total. The van der Waals surface area contributed by atoms with E-state index in [1.165, 1.54) is 38.9 Å². The summed E-state index contributed by atoms with van der Waals surface area (Å²) in [7, 11) is 4.44. The van der Waals surface area contributed by atoms with Crippen LogP contribution in [-0.2, 0) is 16.1 Å². The van der Waals surface area contributed by atoms with Crippen LogP contribution in [-0.4, -0.2) is 36.7 Å². The Kier molecular flexibility index (Phi) is 5.93. The number of hydrogen-bond acceptors (Lipinski definition) is 7. The number of fused-ring (bicyclic) bond motifs is 1. The Bertz CT molecular complexity index is 1120. The zero-order valence-electron chi connectivity index (χ0n) is 16.3. The third kappa shape index (κ3) is 3.97. The molecule has 0 saturated carbocycles. The highest BCUT2D eigenvalue weighted by molar-refractivity contribution is 6.30. The molecule has 0 radical (unpaired) electrons. The molecule has 2 aromatic heterocycles. The molecule has 1 aromatic carbocycles. The summed E-state index contributed by atoms with van der Waals surface area (Å²) in [6.07, 6.45) is 1.48. The Morgan fingerprint density at radius 3 is 2.31 bits per heavy atom. The molecule has 0 N–H and O–H groups in total. The fraction of sp³-hybridized carbons (Fsp3) is 0.250. The summed E-state index contributed by atoms with van der Waals surface area (Å²) in [4.78, 5) is 29.1. The van der Waals surface area contributed by atoms with E-state index in [0.717, 1.165) is 0 Å². The second kappa shape index (κ2) is 8.40. The maximum atomic E-state index is 13.3. The molecule has 0 fully saturated rings. The number of aromatic nitrogens is 2. The Balaban J connectivity index is 2.34. The van der Waals surface area contributed by atoms with E-state index in [1.807, 2.05) is 0 Å². The number of methoxy groups -OCH3 is 3. The summed E-state index contributed by atoms with van der Waals surface area (Å²) < 4.78 is 22.6. The summed E-state index contributed by atoms with van der Waals surface area (Å²) in [5.41, 5.74) is 0.979. The van der Waals surface area contributed by atoms with Gasteiger partial charge in [0.1, 0.15) is 12.3 Å². The molecule has 0 atom stereocenters. The van der Waals surface area contributed by atoms with Crippen LogP contribution < -0.4 is 19.8 Å². The average molecular weight is 419 g/mol. The highest BCUT2D eigenvalue weighted by Crippen LogP contribution is 2.41. The quantitative estimate of drug-likeness (QED) is 0.568. The molecule has 0 spiro atoms. The van der Waals surface area contributed by atoms with Crippen molar-refractivity contribution in [2.45, 2.75) is 13.5 Å². The SMILES string of the molecule is COc1cc(-c2c(COC(C)=O)nc3ccc(Cl)cn3c2=O)cc(OC)c1OC. The summed E-state index contributed by atoms with van der Waals surface area (Å²) in [5.74, 6) is 0.642. The standard InChI is InChI=1S/C20H19ClN2O6/c1-11(24)29-10-14-18(20(25)23-9-13(21)5-6-17(23)22-14)12-7-15(26-2)19(28-4)16(8-12)27-3/h5-9H,10H2,1-4H3. The molecule has 3 aromatic rings. The Morgan fingerprint density at radius 2 is 1.76 bits per heavy atom. The number of halogens is 1. The van der Waals surface area contributed by atoms with E-state index in [4.69, 9.17) is 30.5 Å². The molecule has 9 heteroatoms. The number of nitrogens with zero attached hydrogens (tertiary/aromatic N) is 2. The van der Waals surface area contributed by atoms with Crippen LogP contribution in [0.15, 0.2) is 35.3 Å². The Morgan fingerprint density at radius 1 is 1.10 bits per heavy atom. The molecule has 152 valence electrons. The van der Waals surface area contributed by atoms with E-state index in [0.29, 0.717) is 39.2 Å². The molecular formula is C20H19ClN2O6. The maximum Gasteiger partial charge on any atom is 0.303 e. The van der Waals surface area contributed by atoms with Gasteiger partial charge in [-0.1, -0.05) is 11.6 Å². The van der Waals surface area contributed by atoms with Gasteiger partial charge in [-0.2, -0.15) is 0 Å². The minimum Gasteiger partial charge on any atom is -0.493 e. The van der Waals surface area contributed by atoms with E-state index < -0.39 is 5.97 Å². The van der Waals surface area contributed by atoms with Crippen molar-refractivity contribution in [2.24, 2.45) is 0 Å². The fourth-order valence-corrected chi connectivity index (χ4v) is 3.11. The fourth-order valence-electron chi connectivity index (χ4n) is 2.95. The lowest BCUT2D eigenvalue weighted by Gasteiger charge is -2.16. The average Bonchev–Trinajstić information content (AvgIpc) is 2.71. The smallest absolute Gasteiger partial charge is 0.303 e. The van der Waals surface area contributed by atoms with E-state index in [1.54, 1.807) is 24.3 Å². The maximum absolute atomic E-state index is 13.3. The largest absolute Gasteiger partial charge is 0.493 e.